The molecule has 1 N–H and O–H groups in total. The summed E-state index contributed by atoms with van der Waals surface area (Å²) in [5.74, 6) is -0.257. The van der Waals surface area contributed by atoms with Gasteiger partial charge in [-0.15, -0.1) is 0 Å². The molecule has 8 nitrogen and oxygen atoms in total. The molecular weight excluding hydrogens is 761 g/mol. The van der Waals surface area contributed by atoms with Gasteiger partial charge in [-0.3, -0.25) is 4.79 Å². The van der Waals surface area contributed by atoms with Gasteiger partial charge in [0.15, 0.2) is 5.82 Å². The molecule has 2 saturated carbocycles. The molecule has 6 aromatic rings. The largest absolute Gasteiger partial charge is 0.370 e. The number of nitriles is 1. The predicted octanol–water partition coefficient (Wildman–Crippen LogP) is 9.62. The number of amides is 1. The third kappa shape index (κ3) is 5.75. The molecule has 6 heterocycles. The van der Waals surface area contributed by atoms with E-state index in [1.807, 2.05) is 17.9 Å². The molecule has 5 fully saturated rings. The van der Waals surface area contributed by atoms with E-state index in [0.29, 0.717) is 58.1 Å². The van der Waals surface area contributed by atoms with Crippen molar-refractivity contribution in [3.63, 3.8) is 0 Å². The number of fused-ring (bicyclic) bond motifs is 5. The number of halogens is 4. The first-order chi connectivity index (χ1) is 26.7. The van der Waals surface area contributed by atoms with Crippen LogP contribution in [0.5, 0.6) is 0 Å². The van der Waals surface area contributed by atoms with E-state index in [2.05, 4.69) is 26.4 Å². The van der Waals surface area contributed by atoms with Crippen molar-refractivity contribution < 1.29 is 18.3 Å². The third-order valence-corrected chi connectivity index (χ3v) is 13.9. The fourth-order valence-corrected chi connectivity index (χ4v) is 10.6. The molecule has 280 valence electrons. The van der Waals surface area contributed by atoms with Gasteiger partial charge in [0, 0.05) is 76.6 Å². The number of ether oxygens (including phenoxy) is 1. The van der Waals surface area contributed by atoms with E-state index in [0.717, 1.165) is 58.2 Å². The number of aromatic nitrogens is 3. The van der Waals surface area contributed by atoms with Crippen LogP contribution < -0.4 is 5.32 Å². The zero-order chi connectivity index (χ0) is 37.7. The van der Waals surface area contributed by atoms with Gasteiger partial charge in [-0.05, 0) is 92.0 Å². The topological polar surface area (TPSA) is 96.1 Å². The van der Waals surface area contributed by atoms with Crippen LogP contribution in [0.25, 0.3) is 43.0 Å². The lowest BCUT2D eigenvalue weighted by atomic mass is 9.79. The Labute approximate surface area is 330 Å². The van der Waals surface area contributed by atoms with Crippen LogP contribution in [0.1, 0.15) is 66.8 Å². The van der Waals surface area contributed by atoms with Gasteiger partial charge in [-0.2, -0.15) is 9.64 Å². The lowest BCUT2D eigenvalue weighted by molar-refractivity contribution is -0.134. The Balaban J connectivity index is 1.12. The van der Waals surface area contributed by atoms with Crippen molar-refractivity contribution in [2.45, 2.75) is 76.3 Å². The number of rotatable bonds is 9. The fourth-order valence-electron chi connectivity index (χ4n) is 9.37. The Bertz CT molecular complexity index is 2600. The maximum absolute atomic E-state index is 17.2. The Morgan fingerprint density at radius 2 is 1.96 bits per heavy atom. The van der Waals surface area contributed by atoms with Gasteiger partial charge in [-0.1, -0.05) is 35.3 Å². The van der Waals surface area contributed by atoms with E-state index in [1.54, 1.807) is 24.3 Å². The highest BCUT2D eigenvalue weighted by Gasteiger charge is 2.51. The third-order valence-electron chi connectivity index (χ3n) is 12.2. The van der Waals surface area contributed by atoms with E-state index < -0.39 is 5.82 Å². The molecule has 13 heteroatoms. The van der Waals surface area contributed by atoms with Crippen LogP contribution in [-0.4, -0.2) is 50.0 Å². The molecular formula is C42H36Cl2F2N6O2S. The summed E-state index contributed by atoms with van der Waals surface area (Å²) in [6, 6.07) is 16.3. The monoisotopic (exact) mass is 796 g/mol. The van der Waals surface area contributed by atoms with E-state index in [4.69, 9.17) is 32.9 Å². The van der Waals surface area contributed by atoms with Crippen LogP contribution in [0.4, 0.5) is 8.78 Å². The number of likely N-dealkylation sites (tertiary alicyclic amines) is 1. The molecule has 3 aromatic carbocycles. The van der Waals surface area contributed by atoms with Crippen molar-refractivity contribution in [1.29, 1.82) is 5.26 Å². The molecule has 5 aliphatic rings. The predicted molar refractivity (Wildman–Crippen MR) is 210 cm³/mol. The molecule has 3 saturated heterocycles. The van der Waals surface area contributed by atoms with Crippen molar-refractivity contribution in [3.05, 3.63) is 92.9 Å². The second-order valence-electron chi connectivity index (χ2n) is 15.5. The molecule has 2 bridgehead atoms. The molecule has 5 atom stereocenters. The summed E-state index contributed by atoms with van der Waals surface area (Å²) in [5, 5.41) is 16.3. The molecule has 2 aliphatic carbocycles. The second kappa shape index (κ2) is 13.5. The van der Waals surface area contributed by atoms with Gasteiger partial charge in [0.2, 0.25) is 5.91 Å². The minimum absolute atomic E-state index is 0.00997. The van der Waals surface area contributed by atoms with Crippen molar-refractivity contribution in [3.8, 4) is 17.2 Å². The number of aryl methyl sites for hydroxylation is 2. The number of carbonyl (C=O) groups excluding carboxylic acids is 1. The van der Waals surface area contributed by atoms with Crippen LogP contribution >= 0.6 is 34.7 Å². The Morgan fingerprint density at radius 1 is 1.11 bits per heavy atom. The van der Waals surface area contributed by atoms with Gasteiger partial charge in [0.1, 0.15) is 11.3 Å². The normalized spacial score (nSPS) is 23.3. The van der Waals surface area contributed by atoms with Crippen molar-refractivity contribution in [1.82, 2.24) is 24.1 Å². The van der Waals surface area contributed by atoms with Gasteiger partial charge in [0.05, 0.1) is 56.8 Å². The smallest absolute Gasteiger partial charge is 0.226 e. The summed E-state index contributed by atoms with van der Waals surface area (Å²) >= 11 is 14.4. The van der Waals surface area contributed by atoms with Crippen molar-refractivity contribution in [2.24, 2.45) is 11.8 Å². The quantitative estimate of drug-likeness (QED) is 0.157. The summed E-state index contributed by atoms with van der Waals surface area (Å²) in [6.07, 6.45) is 3.66. The second-order valence-corrected chi connectivity index (χ2v) is 17.1. The number of nitrogens with zero attached hydrogens (tertiary/aromatic N) is 5. The van der Waals surface area contributed by atoms with E-state index in [9.17, 15) is 14.4 Å². The standard InChI is InChI=1S/C42H36Cl2F2N6O2S/c1-20-28-16-34(33-15-25(18-51(33)42(53)21-7-8-21)54-19-32-26-10-9-24(45)14-35(26)55-50-32)52(40-23-13-31(40)48-17-23)41(28)29-12-22(4-3-11-47)36(38(46)39(29)49-20)27-5-2-6-30(43)37(27)44/h2,5-6,9-10,12,14,16,21,23,25,31,33,40,48H,3-4,7-8,13,15,17-19H2,1H3. The number of benzene rings is 3. The molecule has 1 amide bonds. The summed E-state index contributed by atoms with van der Waals surface area (Å²) in [4.78, 5) is 21.0. The van der Waals surface area contributed by atoms with Gasteiger partial charge in [-0.25, -0.2) is 13.8 Å². The lowest BCUT2D eigenvalue weighted by Gasteiger charge is -2.39. The highest BCUT2D eigenvalue weighted by atomic mass is 35.5. The maximum atomic E-state index is 17.2. The minimum Gasteiger partial charge on any atom is -0.370 e. The van der Waals surface area contributed by atoms with E-state index >= 15 is 4.39 Å². The molecule has 0 spiro atoms. The number of carbonyl (C=O) groups is 1. The molecule has 11 rings (SSSR count). The zero-order valence-electron chi connectivity index (χ0n) is 29.9. The summed E-state index contributed by atoms with van der Waals surface area (Å²) in [5.41, 5.74) is 5.00. The number of nitrogens with one attached hydrogen (secondary N) is 1. The first-order valence-corrected chi connectivity index (χ1v) is 20.4. The number of hydrogen-bond donors (Lipinski definition) is 1. The molecule has 5 unspecified atom stereocenters. The molecule has 3 aliphatic heterocycles. The summed E-state index contributed by atoms with van der Waals surface area (Å²) in [7, 11) is 0. The first kappa shape index (κ1) is 35.2. The molecule has 0 radical (unpaired) electrons. The lowest BCUT2D eigenvalue weighted by Crippen LogP contribution is -2.41. The molecule has 55 heavy (non-hydrogen) atoms. The highest BCUT2D eigenvalue weighted by Crippen LogP contribution is 2.51. The average Bonchev–Trinajstić information content (AvgIpc) is 3.59. The van der Waals surface area contributed by atoms with Crippen molar-refractivity contribution >= 4 is 72.5 Å². The average molecular weight is 798 g/mol. The Kier molecular flexibility index (Phi) is 8.65. The Morgan fingerprint density at radius 3 is 2.73 bits per heavy atom. The van der Waals surface area contributed by atoms with E-state index in [1.165, 1.54) is 23.7 Å². The van der Waals surface area contributed by atoms with Crippen LogP contribution in [0.2, 0.25) is 10.0 Å². The van der Waals surface area contributed by atoms with Gasteiger partial charge < -0.3 is 19.5 Å². The molecule has 3 aromatic heterocycles. The van der Waals surface area contributed by atoms with Crippen LogP contribution in [-0.2, 0) is 22.6 Å². The fraction of sp³-hybridized carbons (Fsp3) is 0.381. The van der Waals surface area contributed by atoms with Crippen LogP contribution in [0, 0.1) is 41.7 Å². The van der Waals surface area contributed by atoms with Crippen molar-refractivity contribution in [2.75, 3.05) is 13.1 Å². The minimum atomic E-state index is -0.499. The summed E-state index contributed by atoms with van der Waals surface area (Å²) < 4.78 is 45.4. The zero-order valence-corrected chi connectivity index (χ0v) is 32.2. The Hall–Kier alpha value is -4.18. The highest BCUT2D eigenvalue weighted by molar-refractivity contribution is 7.13. The van der Waals surface area contributed by atoms with Gasteiger partial charge in [0.25, 0.3) is 0 Å². The van der Waals surface area contributed by atoms with Gasteiger partial charge >= 0.3 is 0 Å². The SMILES string of the molecule is Cc1nc2c(F)c(-c3cccc(Cl)c3Cl)c(CCC#N)cc2c2c1cc(C1CC(OCc3nsc4cc(F)ccc34)CN1C(=O)C1CC1)n2C1C2CNC1C2. The maximum Gasteiger partial charge on any atom is 0.226 e. The number of pyridine rings is 1. The van der Waals surface area contributed by atoms with Crippen LogP contribution in [0.3, 0.4) is 0 Å². The first-order valence-electron chi connectivity index (χ1n) is 18.9. The van der Waals surface area contributed by atoms with Crippen LogP contribution in [0.15, 0.2) is 48.5 Å². The summed E-state index contributed by atoms with van der Waals surface area (Å²) in [6.45, 7) is 3.51. The number of hydrogen-bond acceptors (Lipinski definition) is 7. The van der Waals surface area contributed by atoms with E-state index in [-0.39, 0.29) is 65.4 Å².